The molecule has 0 amide bonds. The first-order valence-electron chi connectivity index (χ1n) is 7.15. The van der Waals surface area contributed by atoms with Gasteiger partial charge in [0, 0.05) is 43.3 Å². The van der Waals surface area contributed by atoms with Gasteiger partial charge in [-0.3, -0.25) is 14.8 Å². The minimum atomic E-state index is -0.413. The van der Waals surface area contributed by atoms with Crippen molar-refractivity contribution in [3.63, 3.8) is 0 Å². The van der Waals surface area contributed by atoms with Crippen LogP contribution in [0.4, 0.5) is 5.69 Å². The molecule has 0 aliphatic rings. The molecule has 1 aromatic carbocycles. The van der Waals surface area contributed by atoms with Crippen molar-refractivity contribution in [3.8, 4) is 17.0 Å². The van der Waals surface area contributed by atoms with Crippen LogP contribution in [0.25, 0.3) is 11.3 Å². The number of hydrogen-bond donors (Lipinski definition) is 0. The van der Waals surface area contributed by atoms with Gasteiger partial charge in [0.15, 0.2) is 0 Å². The van der Waals surface area contributed by atoms with Crippen molar-refractivity contribution >= 4 is 5.69 Å². The fourth-order valence-electron chi connectivity index (χ4n) is 2.38. The van der Waals surface area contributed by atoms with E-state index in [4.69, 9.17) is 4.74 Å². The van der Waals surface area contributed by atoms with E-state index in [1.165, 1.54) is 12.1 Å². The van der Waals surface area contributed by atoms with Gasteiger partial charge >= 0.3 is 0 Å². The van der Waals surface area contributed by atoms with E-state index < -0.39 is 4.92 Å². The summed E-state index contributed by atoms with van der Waals surface area (Å²) < 4.78 is 9.51. The van der Waals surface area contributed by atoms with E-state index >= 15 is 0 Å². The number of aryl methyl sites for hydroxylation is 1. The molecule has 0 atom stereocenters. The van der Waals surface area contributed by atoms with Gasteiger partial charge in [0.2, 0.25) is 0 Å². The lowest BCUT2D eigenvalue weighted by atomic mass is 10.1. The Morgan fingerprint density at radius 1 is 1.26 bits per heavy atom. The summed E-state index contributed by atoms with van der Waals surface area (Å²) in [4.78, 5) is 10.6. The molecule has 0 N–H and O–H groups in total. The Morgan fingerprint density at radius 3 is 2.70 bits per heavy atom. The van der Waals surface area contributed by atoms with E-state index in [0.29, 0.717) is 24.5 Å². The highest BCUT2D eigenvalue weighted by Gasteiger charge is 2.15. The van der Waals surface area contributed by atoms with Crippen LogP contribution in [0.15, 0.2) is 55.0 Å². The summed E-state index contributed by atoms with van der Waals surface area (Å²) in [5.41, 5.74) is 1.45. The van der Waals surface area contributed by atoms with Crippen molar-refractivity contribution in [2.75, 3.05) is 6.61 Å². The molecule has 0 fully saturated rings. The van der Waals surface area contributed by atoms with Crippen LogP contribution in [0.2, 0.25) is 0 Å². The quantitative estimate of drug-likeness (QED) is 0.518. The molecule has 23 heavy (non-hydrogen) atoms. The molecule has 2 heterocycles. The molecule has 0 radical (unpaired) electrons. The van der Waals surface area contributed by atoms with Crippen LogP contribution in [0, 0.1) is 10.1 Å². The molecule has 0 spiro atoms. The molecule has 3 aromatic rings. The van der Waals surface area contributed by atoms with Crippen molar-refractivity contribution in [1.82, 2.24) is 14.3 Å². The zero-order valence-corrected chi connectivity index (χ0v) is 12.6. The van der Waals surface area contributed by atoms with Crippen molar-refractivity contribution < 1.29 is 9.66 Å². The van der Waals surface area contributed by atoms with E-state index in [1.54, 1.807) is 30.1 Å². The number of nitrogens with zero attached hydrogens (tertiary/aromatic N) is 4. The molecule has 7 nitrogen and oxygen atoms in total. The van der Waals surface area contributed by atoms with Crippen molar-refractivity contribution in [1.29, 1.82) is 0 Å². The van der Waals surface area contributed by atoms with Crippen LogP contribution in [-0.4, -0.2) is 25.9 Å². The molecule has 0 aliphatic heterocycles. The van der Waals surface area contributed by atoms with Crippen molar-refractivity contribution in [3.05, 3.63) is 65.1 Å². The second-order valence-electron chi connectivity index (χ2n) is 5.05. The highest BCUT2D eigenvalue weighted by molar-refractivity contribution is 5.70. The lowest BCUT2D eigenvalue weighted by Gasteiger charge is -2.12. The number of aromatic nitrogens is 3. The van der Waals surface area contributed by atoms with Crippen LogP contribution in [0.1, 0.15) is 0 Å². The Kier molecular flexibility index (Phi) is 4.09. The van der Waals surface area contributed by atoms with Crippen LogP contribution in [0.5, 0.6) is 5.75 Å². The minimum absolute atomic E-state index is 0.0268. The lowest BCUT2D eigenvalue weighted by molar-refractivity contribution is -0.384. The Balaban J connectivity index is 1.86. The maximum Gasteiger partial charge on any atom is 0.270 e. The Labute approximate surface area is 132 Å². The molecule has 0 aliphatic carbocycles. The summed E-state index contributed by atoms with van der Waals surface area (Å²) in [6, 6.07) is 10.3. The zero-order valence-electron chi connectivity index (χ0n) is 12.6. The van der Waals surface area contributed by atoms with Gasteiger partial charge in [-0.15, -0.1) is 0 Å². The van der Waals surface area contributed by atoms with Crippen molar-refractivity contribution in [2.45, 2.75) is 6.54 Å². The van der Waals surface area contributed by atoms with Crippen LogP contribution < -0.4 is 4.74 Å². The van der Waals surface area contributed by atoms with Gasteiger partial charge in [0.05, 0.1) is 17.2 Å². The van der Waals surface area contributed by atoms with Gasteiger partial charge in [-0.1, -0.05) is 0 Å². The van der Waals surface area contributed by atoms with Gasteiger partial charge in [0.25, 0.3) is 5.69 Å². The maximum atomic E-state index is 11.0. The maximum absolute atomic E-state index is 11.0. The summed E-state index contributed by atoms with van der Waals surface area (Å²) >= 11 is 0. The first-order chi connectivity index (χ1) is 11.1. The molecule has 0 saturated heterocycles. The van der Waals surface area contributed by atoms with Gasteiger partial charge in [-0.25, -0.2) is 0 Å². The highest BCUT2D eigenvalue weighted by Crippen LogP contribution is 2.33. The predicted molar refractivity (Wildman–Crippen MR) is 85.2 cm³/mol. The SMILES string of the molecule is Cn1nccc1-c1cc([N+](=O)[O-])ccc1OCCn1cccc1. The second-order valence-corrected chi connectivity index (χ2v) is 5.05. The number of benzene rings is 1. The summed E-state index contributed by atoms with van der Waals surface area (Å²) in [5.74, 6) is 0.603. The third-order valence-electron chi connectivity index (χ3n) is 3.54. The predicted octanol–water partition coefficient (Wildman–Crippen LogP) is 2.88. The number of hydrogen-bond acceptors (Lipinski definition) is 4. The van der Waals surface area contributed by atoms with Gasteiger partial charge in [-0.2, -0.15) is 5.10 Å². The number of nitro groups is 1. The fraction of sp³-hybridized carbons (Fsp3) is 0.188. The molecule has 2 aromatic heterocycles. The smallest absolute Gasteiger partial charge is 0.270 e. The minimum Gasteiger partial charge on any atom is -0.491 e. The molecular weight excluding hydrogens is 296 g/mol. The summed E-state index contributed by atoms with van der Waals surface area (Å²) in [5, 5.41) is 15.1. The first kappa shape index (κ1) is 14.8. The normalized spacial score (nSPS) is 10.7. The van der Waals surface area contributed by atoms with E-state index in [9.17, 15) is 10.1 Å². The topological polar surface area (TPSA) is 75.1 Å². The molecule has 0 saturated carbocycles. The van der Waals surface area contributed by atoms with E-state index in [-0.39, 0.29) is 5.69 Å². The lowest BCUT2D eigenvalue weighted by Crippen LogP contribution is -2.07. The Bertz CT molecular complexity index is 809. The Morgan fingerprint density at radius 2 is 2.04 bits per heavy atom. The number of rotatable bonds is 6. The fourth-order valence-corrected chi connectivity index (χ4v) is 2.38. The van der Waals surface area contributed by atoms with Crippen LogP contribution in [0.3, 0.4) is 0 Å². The average molecular weight is 312 g/mol. The van der Waals surface area contributed by atoms with Crippen LogP contribution in [-0.2, 0) is 13.6 Å². The Hall–Kier alpha value is -3.09. The largest absolute Gasteiger partial charge is 0.491 e. The summed E-state index contributed by atoms with van der Waals surface area (Å²) in [6.07, 6.45) is 5.57. The standard InChI is InChI=1S/C16H16N4O3/c1-18-15(6-7-17-18)14-12-13(20(21)22)4-5-16(14)23-11-10-19-8-2-3-9-19/h2-9,12H,10-11H2,1H3. The van der Waals surface area contributed by atoms with Gasteiger partial charge in [-0.05, 0) is 24.3 Å². The number of non-ortho nitro benzene ring substituents is 1. The van der Waals surface area contributed by atoms with Gasteiger partial charge in [0.1, 0.15) is 12.4 Å². The zero-order chi connectivity index (χ0) is 16.2. The summed E-state index contributed by atoms with van der Waals surface area (Å²) in [7, 11) is 1.79. The highest BCUT2D eigenvalue weighted by atomic mass is 16.6. The molecule has 3 rings (SSSR count). The van der Waals surface area contributed by atoms with E-state index in [0.717, 1.165) is 5.69 Å². The third-order valence-corrected chi connectivity index (χ3v) is 3.54. The number of nitro benzene ring substituents is 1. The average Bonchev–Trinajstić information content (AvgIpc) is 3.19. The van der Waals surface area contributed by atoms with Crippen LogP contribution >= 0.6 is 0 Å². The molecule has 7 heteroatoms. The van der Waals surface area contributed by atoms with Crippen molar-refractivity contribution in [2.24, 2.45) is 7.05 Å². The van der Waals surface area contributed by atoms with E-state index in [2.05, 4.69) is 5.10 Å². The molecule has 0 bridgehead atoms. The first-order valence-corrected chi connectivity index (χ1v) is 7.15. The van der Waals surface area contributed by atoms with E-state index in [1.807, 2.05) is 29.1 Å². The summed E-state index contributed by atoms with van der Waals surface area (Å²) in [6.45, 7) is 1.17. The van der Waals surface area contributed by atoms with Gasteiger partial charge < -0.3 is 9.30 Å². The molecule has 0 unspecified atom stereocenters. The third kappa shape index (κ3) is 3.23. The molecular formula is C16H16N4O3. The second kappa shape index (κ2) is 6.35. The monoisotopic (exact) mass is 312 g/mol. The number of ether oxygens (including phenoxy) is 1. The molecule has 118 valence electrons.